The third-order valence-corrected chi connectivity index (χ3v) is 2.98. The Morgan fingerprint density at radius 2 is 2.10 bits per heavy atom. The van der Waals surface area contributed by atoms with E-state index in [0.29, 0.717) is 6.29 Å². The molecular formula is C13H16ClNO5. The van der Waals surface area contributed by atoms with Gasteiger partial charge in [0.15, 0.2) is 6.29 Å². The van der Waals surface area contributed by atoms with Gasteiger partial charge >= 0.3 is 0 Å². The first-order chi connectivity index (χ1) is 9.36. The maximum absolute atomic E-state index is 10.8. The third-order valence-electron chi connectivity index (χ3n) is 2.76. The van der Waals surface area contributed by atoms with E-state index in [9.17, 15) is 24.9 Å². The maximum atomic E-state index is 10.8. The highest BCUT2D eigenvalue weighted by atomic mass is 35.5. The number of hydrogen-bond acceptors (Lipinski definition) is 5. The van der Waals surface area contributed by atoms with Crippen molar-refractivity contribution in [3.63, 3.8) is 0 Å². The van der Waals surface area contributed by atoms with Crippen LogP contribution in [0.15, 0.2) is 12.1 Å². The molecule has 4 N–H and O–H groups in total. The van der Waals surface area contributed by atoms with E-state index in [1.54, 1.807) is 0 Å². The summed E-state index contributed by atoms with van der Waals surface area (Å²) in [5, 5.41) is 32.3. The van der Waals surface area contributed by atoms with E-state index in [2.05, 4.69) is 5.32 Å². The summed E-state index contributed by atoms with van der Waals surface area (Å²) in [5.74, 6) is -0.670. The lowest BCUT2D eigenvalue weighted by Gasteiger charge is -2.20. The van der Waals surface area contributed by atoms with Gasteiger partial charge in [0.05, 0.1) is 11.7 Å². The number of phenolic OH excluding ortho intramolecular Hbond substituents is 1. The number of carbonyl (C=O) groups is 2. The summed E-state index contributed by atoms with van der Waals surface area (Å²) in [6, 6.07) is 2.53. The van der Waals surface area contributed by atoms with Gasteiger partial charge in [0.2, 0.25) is 5.91 Å². The minimum Gasteiger partial charge on any atom is -0.507 e. The first kappa shape index (κ1) is 16.4. The second kappa shape index (κ2) is 7.23. The van der Waals surface area contributed by atoms with Gasteiger partial charge in [-0.2, -0.15) is 0 Å². The minimum atomic E-state index is -1.42. The summed E-state index contributed by atoms with van der Waals surface area (Å²) in [7, 11) is 0. The molecule has 0 saturated heterocycles. The molecule has 0 radical (unpaired) electrons. The number of hydrogen-bond donors (Lipinski definition) is 4. The summed E-state index contributed by atoms with van der Waals surface area (Å²) in [5.41, 5.74) is -0.101. The summed E-state index contributed by atoms with van der Waals surface area (Å²) in [4.78, 5) is 21.5. The van der Waals surface area contributed by atoms with Crippen LogP contribution in [0.3, 0.4) is 0 Å². The number of aromatic hydroxyl groups is 1. The Morgan fingerprint density at radius 1 is 1.45 bits per heavy atom. The van der Waals surface area contributed by atoms with Gasteiger partial charge in [0.25, 0.3) is 0 Å². The molecule has 2 unspecified atom stereocenters. The van der Waals surface area contributed by atoms with Crippen molar-refractivity contribution in [3.8, 4) is 5.75 Å². The minimum absolute atomic E-state index is 0.0325. The van der Waals surface area contributed by atoms with Gasteiger partial charge < -0.3 is 20.6 Å². The molecule has 0 saturated carbocycles. The van der Waals surface area contributed by atoms with Gasteiger partial charge in [-0.3, -0.25) is 9.59 Å². The Hall–Kier alpha value is -1.63. The molecule has 2 atom stereocenters. The van der Waals surface area contributed by atoms with Crippen LogP contribution in [0.25, 0.3) is 0 Å². The number of aldehydes is 1. The Morgan fingerprint density at radius 3 is 2.65 bits per heavy atom. The quantitative estimate of drug-likeness (QED) is 0.581. The molecule has 0 aromatic heterocycles. The van der Waals surface area contributed by atoms with Crippen LogP contribution < -0.4 is 5.32 Å². The molecule has 0 aliphatic heterocycles. The van der Waals surface area contributed by atoms with E-state index in [-0.39, 0.29) is 35.0 Å². The van der Waals surface area contributed by atoms with Crippen LogP contribution in [0, 0.1) is 0 Å². The van der Waals surface area contributed by atoms with Gasteiger partial charge in [-0.05, 0) is 18.6 Å². The van der Waals surface area contributed by atoms with Crippen LogP contribution in [-0.2, 0) is 4.79 Å². The molecule has 0 bridgehead atoms. The number of phenols is 1. The third kappa shape index (κ3) is 4.19. The summed E-state index contributed by atoms with van der Waals surface area (Å²) in [6.07, 6.45) is -2.14. The highest BCUT2D eigenvalue weighted by Crippen LogP contribution is 2.32. The molecule has 20 heavy (non-hydrogen) atoms. The molecule has 1 amide bonds. The van der Waals surface area contributed by atoms with Crippen LogP contribution in [0.4, 0.5) is 0 Å². The smallest absolute Gasteiger partial charge is 0.216 e. The summed E-state index contributed by atoms with van der Waals surface area (Å²) in [6.45, 7) is 1.51. The van der Waals surface area contributed by atoms with E-state index in [4.69, 9.17) is 11.6 Å². The highest BCUT2D eigenvalue weighted by Gasteiger charge is 2.23. The van der Waals surface area contributed by atoms with Crippen LogP contribution >= 0.6 is 11.6 Å². The molecule has 0 fully saturated rings. The largest absolute Gasteiger partial charge is 0.507 e. The van der Waals surface area contributed by atoms with Crippen LogP contribution in [-0.4, -0.2) is 40.2 Å². The zero-order valence-electron chi connectivity index (χ0n) is 10.8. The Bertz CT molecular complexity index is 506. The average molecular weight is 302 g/mol. The van der Waals surface area contributed by atoms with E-state index in [1.807, 2.05) is 0 Å². The van der Waals surface area contributed by atoms with Gasteiger partial charge in [0, 0.05) is 24.1 Å². The predicted octanol–water partition coefficient (Wildman–Crippen LogP) is 0.779. The topological polar surface area (TPSA) is 107 Å². The van der Waals surface area contributed by atoms with Crippen molar-refractivity contribution in [1.82, 2.24) is 5.32 Å². The SMILES string of the molecule is CC(=O)NCCC(O)C(O)c1cc(Cl)cc(C=O)c1O. The van der Waals surface area contributed by atoms with Crippen molar-refractivity contribution in [2.75, 3.05) is 6.54 Å². The molecule has 0 aliphatic rings. The number of aliphatic hydroxyl groups excluding tert-OH is 2. The van der Waals surface area contributed by atoms with E-state index >= 15 is 0 Å². The summed E-state index contributed by atoms with van der Waals surface area (Å²) < 4.78 is 0. The number of amides is 1. The lowest BCUT2D eigenvalue weighted by atomic mass is 9.99. The van der Waals surface area contributed by atoms with Crippen molar-refractivity contribution in [2.24, 2.45) is 0 Å². The average Bonchev–Trinajstić information content (AvgIpc) is 2.39. The van der Waals surface area contributed by atoms with Gasteiger partial charge in [-0.15, -0.1) is 0 Å². The van der Waals surface area contributed by atoms with Crippen molar-refractivity contribution in [1.29, 1.82) is 0 Å². The number of benzene rings is 1. The lowest BCUT2D eigenvalue weighted by molar-refractivity contribution is -0.119. The molecule has 0 aliphatic carbocycles. The number of rotatable bonds is 6. The summed E-state index contributed by atoms with van der Waals surface area (Å²) >= 11 is 5.78. The molecule has 0 spiro atoms. The molecule has 110 valence electrons. The fraction of sp³-hybridized carbons (Fsp3) is 0.385. The number of halogens is 1. The van der Waals surface area contributed by atoms with Crippen LogP contribution in [0.1, 0.15) is 35.4 Å². The monoisotopic (exact) mass is 301 g/mol. The zero-order valence-corrected chi connectivity index (χ0v) is 11.6. The lowest BCUT2D eigenvalue weighted by Crippen LogP contribution is -2.27. The van der Waals surface area contributed by atoms with E-state index in [0.717, 1.165) is 0 Å². The number of aliphatic hydroxyl groups is 2. The van der Waals surface area contributed by atoms with Crippen LogP contribution in [0.2, 0.25) is 5.02 Å². The molecule has 0 heterocycles. The highest BCUT2D eigenvalue weighted by molar-refractivity contribution is 6.31. The Labute approximate surface area is 121 Å². The van der Waals surface area contributed by atoms with Gasteiger partial charge in [-0.25, -0.2) is 0 Å². The number of carbonyl (C=O) groups excluding carboxylic acids is 2. The van der Waals surface area contributed by atoms with E-state index in [1.165, 1.54) is 19.1 Å². The fourth-order valence-electron chi connectivity index (χ4n) is 1.72. The van der Waals surface area contributed by atoms with Crippen molar-refractivity contribution in [3.05, 3.63) is 28.3 Å². The number of nitrogens with one attached hydrogen (secondary N) is 1. The predicted molar refractivity (Wildman–Crippen MR) is 72.8 cm³/mol. The van der Waals surface area contributed by atoms with Gasteiger partial charge in [0.1, 0.15) is 11.9 Å². The Balaban J connectivity index is 2.85. The Kier molecular flexibility index (Phi) is 5.94. The molecule has 7 heteroatoms. The molecule has 1 aromatic rings. The molecule has 1 aromatic carbocycles. The molecule has 6 nitrogen and oxygen atoms in total. The first-order valence-corrected chi connectivity index (χ1v) is 6.32. The van der Waals surface area contributed by atoms with Crippen molar-refractivity contribution >= 4 is 23.8 Å². The standard InChI is InChI=1S/C13H16ClNO5/c1-7(17)15-3-2-11(18)13(20)10-5-9(14)4-8(6-16)12(10)19/h4-6,11,13,18-20H,2-3H2,1H3,(H,15,17). The maximum Gasteiger partial charge on any atom is 0.216 e. The molecular weight excluding hydrogens is 286 g/mol. The van der Waals surface area contributed by atoms with Crippen molar-refractivity contribution in [2.45, 2.75) is 25.6 Å². The van der Waals surface area contributed by atoms with Crippen molar-refractivity contribution < 1.29 is 24.9 Å². The fourth-order valence-corrected chi connectivity index (χ4v) is 1.95. The molecule has 1 rings (SSSR count). The zero-order chi connectivity index (χ0) is 15.3. The first-order valence-electron chi connectivity index (χ1n) is 5.95. The van der Waals surface area contributed by atoms with Crippen LogP contribution in [0.5, 0.6) is 5.75 Å². The normalized spacial score (nSPS) is 13.6. The van der Waals surface area contributed by atoms with E-state index < -0.39 is 18.0 Å². The second-order valence-electron chi connectivity index (χ2n) is 4.33. The van der Waals surface area contributed by atoms with Gasteiger partial charge in [-0.1, -0.05) is 11.6 Å². The second-order valence-corrected chi connectivity index (χ2v) is 4.77.